The zero-order valence-electron chi connectivity index (χ0n) is 17.4. The highest BCUT2D eigenvalue weighted by Crippen LogP contribution is 2.27. The van der Waals surface area contributed by atoms with E-state index >= 15 is 0 Å². The number of ketones is 1. The standard InChI is InChI=1S/C24H22N2O5/c1-15-8-10-16(11-9-15)22(27)18-6-4-5-7-19(18)24(29)26-25-23(28)17-12-13-20(30-2)21(14-17)31-3/h4-14H,1-3H3,(H,25,28)(H,26,29). The lowest BCUT2D eigenvalue weighted by Gasteiger charge is -2.12. The predicted octanol–water partition coefficient (Wildman–Crippen LogP) is 3.32. The number of hydrazine groups is 1. The molecule has 0 saturated carbocycles. The molecule has 0 aromatic heterocycles. The lowest BCUT2D eigenvalue weighted by Crippen LogP contribution is -2.42. The van der Waals surface area contributed by atoms with Crippen LogP contribution in [-0.2, 0) is 0 Å². The third-order valence-corrected chi connectivity index (χ3v) is 4.67. The number of benzene rings is 3. The van der Waals surface area contributed by atoms with Crippen LogP contribution < -0.4 is 20.3 Å². The summed E-state index contributed by atoms with van der Waals surface area (Å²) in [4.78, 5) is 38.0. The van der Waals surface area contributed by atoms with Crippen molar-refractivity contribution in [3.8, 4) is 11.5 Å². The predicted molar refractivity (Wildman–Crippen MR) is 116 cm³/mol. The summed E-state index contributed by atoms with van der Waals surface area (Å²) in [7, 11) is 2.95. The van der Waals surface area contributed by atoms with Gasteiger partial charge in [0.15, 0.2) is 17.3 Å². The Labute approximate surface area is 180 Å². The van der Waals surface area contributed by atoms with Crippen molar-refractivity contribution >= 4 is 17.6 Å². The van der Waals surface area contributed by atoms with Crippen molar-refractivity contribution in [2.24, 2.45) is 0 Å². The summed E-state index contributed by atoms with van der Waals surface area (Å²) in [6, 6.07) is 18.1. The van der Waals surface area contributed by atoms with Gasteiger partial charge in [0.2, 0.25) is 0 Å². The molecule has 0 unspecified atom stereocenters. The van der Waals surface area contributed by atoms with Crippen LogP contribution in [0.25, 0.3) is 0 Å². The molecule has 0 radical (unpaired) electrons. The zero-order valence-corrected chi connectivity index (χ0v) is 17.4. The van der Waals surface area contributed by atoms with Crippen LogP contribution in [0.4, 0.5) is 0 Å². The number of aryl methyl sites for hydroxylation is 1. The second-order valence-electron chi connectivity index (χ2n) is 6.72. The van der Waals surface area contributed by atoms with Gasteiger partial charge < -0.3 is 9.47 Å². The molecule has 0 aliphatic carbocycles. The average Bonchev–Trinajstić information content (AvgIpc) is 2.81. The van der Waals surface area contributed by atoms with E-state index in [0.29, 0.717) is 17.1 Å². The lowest BCUT2D eigenvalue weighted by atomic mass is 9.97. The van der Waals surface area contributed by atoms with Crippen LogP contribution in [0.2, 0.25) is 0 Å². The summed E-state index contributed by atoms with van der Waals surface area (Å²) < 4.78 is 10.3. The molecule has 0 spiro atoms. The Hall–Kier alpha value is -4.13. The van der Waals surface area contributed by atoms with Crippen LogP contribution in [0.15, 0.2) is 66.7 Å². The van der Waals surface area contributed by atoms with Gasteiger partial charge in [-0.1, -0.05) is 48.0 Å². The largest absolute Gasteiger partial charge is 0.493 e. The van der Waals surface area contributed by atoms with Gasteiger partial charge in [-0.15, -0.1) is 0 Å². The molecule has 31 heavy (non-hydrogen) atoms. The maximum atomic E-state index is 12.9. The van der Waals surface area contributed by atoms with Crippen LogP contribution in [0.3, 0.4) is 0 Å². The van der Waals surface area contributed by atoms with Crippen molar-refractivity contribution in [2.45, 2.75) is 6.92 Å². The minimum atomic E-state index is -0.607. The topological polar surface area (TPSA) is 93.7 Å². The minimum absolute atomic E-state index is 0.153. The molecule has 0 aliphatic heterocycles. The summed E-state index contributed by atoms with van der Waals surface area (Å²) in [5, 5.41) is 0. The van der Waals surface area contributed by atoms with Gasteiger partial charge >= 0.3 is 0 Å². The third kappa shape index (κ3) is 4.90. The van der Waals surface area contributed by atoms with Gasteiger partial charge in [0, 0.05) is 16.7 Å². The van der Waals surface area contributed by atoms with Crippen LogP contribution in [0.1, 0.15) is 42.2 Å². The number of amides is 2. The van der Waals surface area contributed by atoms with E-state index in [-0.39, 0.29) is 22.5 Å². The first-order valence-corrected chi connectivity index (χ1v) is 9.47. The fourth-order valence-corrected chi connectivity index (χ4v) is 2.97. The maximum Gasteiger partial charge on any atom is 0.270 e. The molecule has 3 aromatic carbocycles. The van der Waals surface area contributed by atoms with E-state index < -0.39 is 11.8 Å². The van der Waals surface area contributed by atoms with Gasteiger partial charge in [-0.2, -0.15) is 0 Å². The summed E-state index contributed by atoms with van der Waals surface area (Å²) in [5.74, 6) is -0.569. The van der Waals surface area contributed by atoms with E-state index in [1.54, 1.807) is 36.4 Å². The Morgan fingerprint density at radius 3 is 1.90 bits per heavy atom. The molecule has 0 fully saturated rings. The van der Waals surface area contributed by atoms with Crippen LogP contribution >= 0.6 is 0 Å². The van der Waals surface area contributed by atoms with Crippen molar-refractivity contribution in [3.05, 3.63) is 94.5 Å². The normalized spacial score (nSPS) is 10.2. The van der Waals surface area contributed by atoms with E-state index in [9.17, 15) is 14.4 Å². The Morgan fingerprint density at radius 2 is 1.26 bits per heavy atom. The van der Waals surface area contributed by atoms with E-state index in [0.717, 1.165) is 5.56 Å². The Morgan fingerprint density at radius 1 is 0.677 bits per heavy atom. The molecular formula is C24H22N2O5. The van der Waals surface area contributed by atoms with Crippen molar-refractivity contribution in [2.75, 3.05) is 14.2 Å². The first kappa shape index (κ1) is 21.6. The fraction of sp³-hybridized carbons (Fsp3) is 0.125. The summed E-state index contributed by atoms with van der Waals surface area (Å²) in [6.07, 6.45) is 0. The quantitative estimate of drug-likeness (QED) is 0.473. The van der Waals surface area contributed by atoms with Gasteiger partial charge in [0.25, 0.3) is 11.8 Å². The Bertz CT molecular complexity index is 1120. The molecule has 2 amide bonds. The Balaban J connectivity index is 1.75. The van der Waals surface area contributed by atoms with Crippen LogP contribution in [-0.4, -0.2) is 31.8 Å². The summed E-state index contributed by atoms with van der Waals surface area (Å²) in [6.45, 7) is 1.93. The monoisotopic (exact) mass is 418 g/mol. The number of carbonyl (C=O) groups is 3. The lowest BCUT2D eigenvalue weighted by molar-refractivity contribution is 0.0844. The SMILES string of the molecule is COc1ccc(C(=O)NNC(=O)c2ccccc2C(=O)c2ccc(C)cc2)cc1OC. The van der Waals surface area contributed by atoms with Crippen molar-refractivity contribution in [3.63, 3.8) is 0 Å². The van der Waals surface area contributed by atoms with E-state index in [1.807, 2.05) is 19.1 Å². The van der Waals surface area contributed by atoms with Crippen molar-refractivity contribution in [1.82, 2.24) is 10.9 Å². The summed E-state index contributed by atoms with van der Waals surface area (Å²) in [5.41, 5.74) is 6.87. The fourth-order valence-electron chi connectivity index (χ4n) is 2.97. The molecule has 7 heteroatoms. The number of carbonyl (C=O) groups excluding carboxylic acids is 3. The Kier molecular flexibility index (Phi) is 6.67. The zero-order chi connectivity index (χ0) is 22.4. The van der Waals surface area contributed by atoms with Gasteiger partial charge in [0.1, 0.15) is 0 Å². The number of hydrogen-bond donors (Lipinski definition) is 2. The van der Waals surface area contributed by atoms with E-state index in [4.69, 9.17) is 9.47 Å². The van der Waals surface area contributed by atoms with E-state index in [2.05, 4.69) is 10.9 Å². The number of ether oxygens (including phenoxy) is 2. The molecule has 2 N–H and O–H groups in total. The van der Waals surface area contributed by atoms with Gasteiger partial charge in [0.05, 0.1) is 19.8 Å². The number of nitrogens with one attached hydrogen (secondary N) is 2. The molecular weight excluding hydrogens is 396 g/mol. The van der Waals surface area contributed by atoms with Gasteiger partial charge in [-0.3, -0.25) is 25.2 Å². The van der Waals surface area contributed by atoms with Crippen molar-refractivity contribution < 1.29 is 23.9 Å². The van der Waals surface area contributed by atoms with Gasteiger partial charge in [-0.25, -0.2) is 0 Å². The number of rotatable bonds is 6. The highest BCUT2D eigenvalue weighted by molar-refractivity contribution is 6.15. The molecule has 3 rings (SSSR count). The molecule has 3 aromatic rings. The third-order valence-electron chi connectivity index (χ3n) is 4.67. The first-order valence-electron chi connectivity index (χ1n) is 9.47. The van der Waals surface area contributed by atoms with E-state index in [1.165, 1.54) is 32.4 Å². The summed E-state index contributed by atoms with van der Waals surface area (Å²) >= 11 is 0. The average molecular weight is 418 g/mol. The van der Waals surface area contributed by atoms with Crippen molar-refractivity contribution in [1.29, 1.82) is 0 Å². The molecule has 158 valence electrons. The molecule has 0 heterocycles. The first-order chi connectivity index (χ1) is 14.9. The second kappa shape index (κ2) is 9.58. The highest BCUT2D eigenvalue weighted by Gasteiger charge is 2.19. The molecule has 0 bridgehead atoms. The number of methoxy groups -OCH3 is 2. The minimum Gasteiger partial charge on any atom is -0.493 e. The molecule has 0 saturated heterocycles. The van der Waals surface area contributed by atoms with Gasteiger partial charge in [-0.05, 0) is 31.2 Å². The molecule has 0 aliphatic rings. The smallest absolute Gasteiger partial charge is 0.270 e. The highest BCUT2D eigenvalue weighted by atomic mass is 16.5. The second-order valence-corrected chi connectivity index (χ2v) is 6.72. The maximum absolute atomic E-state index is 12.9. The molecule has 7 nitrogen and oxygen atoms in total. The van der Waals surface area contributed by atoms with Crippen LogP contribution in [0.5, 0.6) is 11.5 Å². The van der Waals surface area contributed by atoms with Crippen LogP contribution in [0, 0.1) is 6.92 Å². The molecule has 0 atom stereocenters. The number of hydrogen-bond acceptors (Lipinski definition) is 5.